The largest absolute Gasteiger partial charge is 0.481 e. The molecule has 0 saturated carbocycles. The summed E-state index contributed by atoms with van der Waals surface area (Å²) in [6.45, 7) is 6.78. The molecule has 0 aromatic carbocycles. The van der Waals surface area contributed by atoms with Crippen molar-refractivity contribution in [3.63, 3.8) is 0 Å². The molecule has 3 atom stereocenters. The number of aliphatic carboxylic acids is 1. The first-order valence-electron chi connectivity index (χ1n) is 7.26. The van der Waals surface area contributed by atoms with E-state index < -0.39 is 11.4 Å². The van der Waals surface area contributed by atoms with Gasteiger partial charge < -0.3 is 20.1 Å². The fraction of sp³-hybridized carbons (Fsp3) is 0.857. The minimum Gasteiger partial charge on any atom is -0.481 e. The number of carboxylic acids is 1. The number of ether oxygens (including phenoxy) is 1. The van der Waals surface area contributed by atoms with Crippen LogP contribution in [0.15, 0.2) is 0 Å². The first-order valence-corrected chi connectivity index (χ1v) is 7.26. The smallest absolute Gasteiger partial charge is 0.317 e. The van der Waals surface area contributed by atoms with Crippen molar-refractivity contribution in [3.8, 4) is 0 Å². The minimum atomic E-state index is -0.828. The summed E-state index contributed by atoms with van der Waals surface area (Å²) < 4.78 is 5.38. The van der Waals surface area contributed by atoms with Crippen LogP contribution in [0.1, 0.15) is 26.7 Å². The Kier molecular flexibility index (Phi) is 4.52. The van der Waals surface area contributed by atoms with E-state index in [0.717, 1.165) is 19.6 Å². The second-order valence-corrected chi connectivity index (χ2v) is 6.32. The normalized spacial score (nSPS) is 34.0. The molecule has 2 saturated heterocycles. The number of rotatable bonds is 3. The summed E-state index contributed by atoms with van der Waals surface area (Å²) in [5, 5.41) is 12.1. The summed E-state index contributed by atoms with van der Waals surface area (Å²) in [5.74, 6) is 0.0684. The molecule has 2 aliphatic rings. The van der Waals surface area contributed by atoms with Crippen LogP contribution < -0.4 is 5.32 Å². The molecule has 6 heteroatoms. The number of urea groups is 1. The van der Waals surface area contributed by atoms with Gasteiger partial charge in [-0.05, 0) is 31.6 Å². The number of carbonyl (C=O) groups excluding carboxylic acids is 1. The van der Waals surface area contributed by atoms with Crippen LogP contribution >= 0.6 is 0 Å². The molecule has 2 rings (SSSR count). The maximum Gasteiger partial charge on any atom is 0.317 e. The molecule has 2 amide bonds. The van der Waals surface area contributed by atoms with Crippen molar-refractivity contribution >= 4 is 12.0 Å². The quantitative estimate of drug-likeness (QED) is 0.815. The maximum absolute atomic E-state index is 12.1. The molecule has 0 aromatic rings. The third-order valence-electron chi connectivity index (χ3n) is 4.61. The van der Waals surface area contributed by atoms with Crippen LogP contribution in [-0.4, -0.2) is 54.9 Å². The fourth-order valence-corrected chi connectivity index (χ4v) is 2.87. The number of nitrogens with zero attached hydrogens (tertiary/aromatic N) is 1. The van der Waals surface area contributed by atoms with E-state index in [9.17, 15) is 9.59 Å². The van der Waals surface area contributed by atoms with Gasteiger partial charge in [0, 0.05) is 32.8 Å². The molecule has 20 heavy (non-hydrogen) atoms. The Balaban J connectivity index is 1.80. The minimum absolute atomic E-state index is 0.145. The summed E-state index contributed by atoms with van der Waals surface area (Å²) in [6.07, 6.45) is 1.48. The molecule has 114 valence electrons. The van der Waals surface area contributed by atoms with Crippen LogP contribution in [0.3, 0.4) is 0 Å². The van der Waals surface area contributed by atoms with Crippen molar-refractivity contribution in [2.24, 2.45) is 17.3 Å². The van der Waals surface area contributed by atoms with E-state index in [-0.39, 0.29) is 12.6 Å². The van der Waals surface area contributed by atoms with Gasteiger partial charge in [0.1, 0.15) is 0 Å². The van der Waals surface area contributed by atoms with Crippen LogP contribution in [-0.2, 0) is 9.53 Å². The van der Waals surface area contributed by atoms with Gasteiger partial charge >= 0.3 is 12.0 Å². The van der Waals surface area contributed by atoms with Crippen molar-refractivity contribution in [2.75, 3.05) is 32.8 Å². The highest BCUT2D eigenvalue weighted by Crippen LogP contribution is 2.30. The number of nitrogens with one attached hydrogen (secondary N) is 1. The van der Waals surface area contributed by atoms with Crippen LogP contribution in [0.2, 0.25) is 0 Å². The Labute approximate surface area is 119 Å². The van der Waals surface area contributed by atoms with E-state index in [2.05, 4.69) is 12.2 Å². The van der Waals surface area contributed by atoms with Crippen molar-refractivity contribution in [3.05, 3.63) is 0 Å². The zero-order valence-electron chi connectivity index (χ0n) is 12.2. The van der Waals surface area contributed by atoms with Crippen molar-refractivity contribution in [1.29, 1.82) is 0 Å². The number of carbonyl (C=O) groups is 2. The summed E-state index contributed by atoms with van der Waals surface area (Å²) in [7, 11) is 0. The van der Waals surface area contributed by atoms with Gasteiger partial charge in [-0.15, -0.1) is 0 Å². The zero-order chi connectivity index (χ0) is 14.8. The molecule has 6 nitrogen and oxygen atoms in total. The maximum atomic E-state index is 12.1. The van der Waals surface area contributed by atoms with E-state index in [1.165, 1.54) is 0 Å². The Morgan fingerprint density at radius 2 is 2.25 bits per heavy atom. The molecule has 0 bridgehead atoms. The molecule has 2 aliphatic heterocycles. The van der Waals surface area contributed by atoms with Gasteiger partial charge in [-0.25, -0.2) is 4.79 Å². The first kappa shape index (κ1) is 15.1. The number of likely N-dealkylation sites (tertiary alicyclic amines) is 1. The number of hydrogen-bond donors (Lipinski definition) is 2. The second-order valence-electron chi connectivity index (χ2n) is 6.32. The Hall–Kier alpha value is -1.30. The highest BCUT2D eigenvalue weighted by atomic mass is 16.5. The molecule has 0 radical (unpaired) electrons. The summed E-state index contributed by atoms with van der Waals surface area (Å²) in [5.41, 5.74) is -0.802. The van der Waals surface area contributed by atoms with Gasteiger partial charge in [-0.1, -0.05) is 6.92 Å². The first-order chi connectivity index (χ1) is 9.42. The van der Waals surface area contributed by atoms with Gasteiger partial charge in [-0.2, -0.15) is 0 Å². The monoisotopic (exact) mass is 284 g/mol. The number of amides is 2. The molecule has 0 aromatic heterocycles. The van der Waals surface area contributed by atoms with Crippen molar-refractivity contribution < 1.29 is 19.4 Å². The standard InChI is InChI=1S/C14H24N2O4/c1-10-8-20-6-3-11(10)7-15-13(19)16-5-4-14(2,9-16)12(17)18/h10-11H,3-9H2,1-2H3,(H,15,19)(H,17,18). The summed E-state index contributed by atoms with van der Waals surface area (Å²) in [4.78, 5) is 24.9. The molecular formula is C14H24N2O4. The van der Waals surface area contributed by atoms with Crippen molar-refractivity contribution in [2.45, 2.75) is 26.7 Å². The number of carboxylic acid groups (broad SMARTS) is 1. The number of hydrogen-bond acceptors (Lipinski definition) is 3. The predicted molar refractivity (Wildman–Crippen MR) is 73.4 cm³/mol. The molecule has 3 unspecified atom stereocenters. The molecule has 2 N–H and O–H groups in total. The Bertz CT molecular complexity index is 387. The third kappa shape index (κ3) is 3.23. The summed E-state index contributed by atoms with van der Waals surface area (Å²) in [6, 6.07) is -0.145. The van der Waals surface area contributed by atoms with Gasteiger partial charge in [0.25, 0.3) is 0 Å². The fourth-order valence-electron chi connectivity index (χ4n) is 2.87. The van der Waals surface area contributed by atoms with Crippen molar-refractivity contribution in [1.82, 2.24) is 10.2 Å². The zero-order valence-corrected chi connectivity index (χ0v) is 12.2. The van der Waals surface area contributed by atoms with Crippen LogP contribution in [0.5, 0.6) is 0 Å². The molecule has 2 heterocycles. The lowest BCUT2D eigenvalue weighted by Crippen LogP contribution is -2.44. The average molecular weight is 284 g/mol. The van der Waals surface area contributed by atoms with E-state index in [1.807, 2.05) is 0 Å². The summed E-state index contributed by atoms with van der Waals surface area (Å²) >= 11 is 0. The molecule has 0 aliphatic carbocycles. The third-order valence-corrected chi connectivity index (χ3v) is 4.61. The SMILES string of the molecule is CC1COCCC1CNC(=O)N1CCC(C)(C(=O)O)C1. The lowest BCUT2D eigenvalue weighted by Gasteiger charge is -2.29. The van der Waals surface area contributed by atoms with E-state index in [0.29, 0.717) is 31.3 Å². The van der Waals surface area contributed by atoms with E-state index in [1.54, 1.807) is 11.8 Å². The molecule has 0 spiro atoms. The Morgan fingerprint density at radius 1 is 1.50 bits per heavy atom. The van der Waals surface area contributed by atoms with E-state index in [4.69, 9.17) is 9.84 Å². The Morgan fingerprint density at radius 3 is 2.85 bits per heavy atom. The van der Waals surface area contributed by atoms with Gasteiger partial charge in [-0.3, -0.25) is 4.79 Å². The lowest BCUT2D eigenvalue weighted by atomic mass is 9.90. The highest BCUT2D eigenvalue weighted by Gasteiger charge is 2.42. The van der Waals surface area contributed by atoms with Crippen LogP contribution in [0.4, 0.5) is 4.79 Å². The molecule has 2 fully saturated rings. The van der Waals surface area contributed by atoms with Gasteiger partial charge in [0.05, 0.1) is 5.41 Å². The second kappa shape index (κ2) is 5.99. The van der Waals surface area contributed by atoms with E-state index >= 15 is 0 Å². The molecular weight excluding hydrogens is 260 g/mol. The predicted octanol–water partition coefficient (Wildman–Crippen LogP) is 1.17. The lowest BCUT2D eigenvalue weighted by molar-refractivity contribution is -0.147. The average Bonchev–Trinajstić information content (AvgIpc) is 2.82. The van der Waals surface area contributed by atoms with Crippen LogP contribution in [0, 0.1) is 17.3 Å². The highest BCUT2D eigenvalue weighted by molar-refractivity contribution is 5.79. The topological polar surface area (TPSA) is 78.9 Å². The van der Waals surface area contributed by atoms with Gasteiger partial charge in [0.15, 0.2) is 0 Å². The van der Waals surface area contributed by atoms with Gasteiger partial charge in [0.2, 0.25) is 0 Å². The van der Waals surface area contributed by atoms with Crippen LogP contribution in [0.25, 0.3) is 0 Å².